The summed E-state index contributed by atoms with van der Waals surface area (Å²) in [6.45, 7) is -0.410. The van der Waals surface area contributed by atoms with E-state index >= 15 is 0 Å². The maximum Gasteiger partial charge on any atom is 0.341 e. The van der Waals surface area contributed by atoms with Crippen LogP contribution in [0.3, 0.4) is 0 Å². The molecule has 1 aliphatic carbocycles. The van der Waals surface area contributed by atoms with Gasteiger partial charge < -0.3 is 19.3 Å². The number of rotatable bonds is 12. The second kappa shape index (κ2) is 15.7. The van der Waals surface area contributed by atoms with E-state index in [4.69, 9.17) is 0 Å². The normalized spacial score (nSPS) is 15.7. The molecule has 13 heteroatoms. The molecule has 1 fully saturated rings. The number of amides is 1. The molecule has 1 atom stereocenters. The first kappa shape index (κ1) is 33.8. The number of allylic oxidation sites excluding steroid dienone is 4. The van der Waals surface area contributed by atoms with Gasteiger partial charge in [0.1, 0.15) is 24.5 Å². The minimum atomic E-state index is -3.04. The summed E-state index contributed by atoms with van der Waals surface area (Å²) in [6.07, 6.45) is 5.66. The maximum atomic E-state index is 14.3. The highest BCUT2D eigenvalue weighted by Gasteiger charge is 2.32. The van der Waals surface area contributed by atoms with Gasteiger partial charge in [-0.25, -0.2) is 22.4 Å². The summed E-state index contributed by atoms with van der Waals surface area (Å²) in [5, 5.41) is 10.4. The molecule has 0 aliphatic heterocycles. The van der Waals surface area contributed by atoms with Crippen LogP contribution in [0.25, 0.3) is 0 Å². The van der Waals surface area contributed by atoms with E-state index < -0.39 is 70.4 Å². The molecule has 1 saturated carbocycles. The number of ether oxygens (including phenoxy) is 1. The predicted molar refractivity (Wildman–Crippen MR) is 153 cm³/mol. The van der Waals surface area contributed by atoms with Crippen molar-refractivity contribution in [2.24, 2.45) is 0 Å². The van der Waals surface area contributed by atoms with Crippen molar-refractivity contribution in [1.29, 1.82) is 0 Å². The molecule has 0 saturated heterocycles. The lowest BCUT2D eigenvalue weighted by atomic mass is 9.84. The Kier molecular flexibility index (Phi) is 12.3. The fourth-order valence-corrected chi connectivity index (χ4v) is 5.59. The van der Waals surface area contributed by atoms with Gasteiger partial charge in [-0.15, -0.1) is 4.72 Å². The Morgan fingerprint density at radius 2 is 1.72 bits per heavy atom. The Hall–Kier alpha value is -3.68. The minimum Gasteiger partial charge on any atom is -0.593 e. The molecule has 0 heterocycles. The summed E-state index contributed by atoms with van der Waals surface area (Å²) in [6, 6.07) is 11.2. The van der Waals surface area contributed by atoms with Crippen LogP contribution >= 0.6 is 0 Å². The smallest absolute Gasteiger partial charge is 0.341 e. The molecule has 7 nitrogen and oxygen atoms in total. The second-order valence-corrected chi connectivity index (χ2v) is 11.0. The third kappa shape index (κ3) is 8.68. The van der Waals surface area contributed by atoms with E-state index in [0.717, 1.165) is 49.3 Å². The summed E-state index contributed by atoms with van der Waals surface area (Å²) in [7, 11) is 1.12. The number of carbonyl (C=O) groups excluding carboxylic acids is 2. The second-order valence-electron chi connectivity index (χ2n) is 9.74. The highest BCUT2D eigenvalue weighted by atomic mass is 32.2. The van der Waals surface area contributed by atoms with Gasteiger partial charge >= 0.3 is 5.97 Å². The number of carbonyl (C=O) groups is 2. The van der Waals surface area contributed by atoms with Crippen molar-refractivity contribution in [3.63, 3.8) is 0 Å². The topological polar surface area (TPSA) is 102 Å². The number of hydrogen-bond acceptors (Lipinski definition) is 6. The first-order valence-electron chi connectivity index (χ1n) is 13.3. The van der Waals surface area contributed by atoms with Crippen molar-refractivity contribution in [1.82, 2.24) is 4.72 Å². The molecule has 232 valence electrons. The fraction of sp³-hybridized carbons (Fsp3) is 0.333. The number of phenolic OH excluding ortho intramolecular Hbond substituents is 1. The van der Waals surface area contributed by atoms with Crippen LogP contribution < -0.4 is 9.62 Å². The highest BCUT2D eigenvalue weighted by Crippen LogP contribution is 2.33. The molecule has 0 radical (unpaired) electrons. The van der Waals surface area contributed by atoms with Crippen molar-refractivity contribution in [3.05, 3.63) is 93.9 Å². The molecular formula is C30H31F5N2O5S. The van der Waals surface area contributed by atoms with Crippen LogP contribution in [0.4, 0.5) is 27.6 Å². The summed E-state index contributed by atoms with van der Waals surface area (Å²) >= 11 is -3.04. The standard InChI is InChI=1S/C30H31F5N2O5S/c1-18(32)27(34)28(35)29(24(33)15-31)43(41)36-16-26(39)37(22-12-13-23(25(38)14-22)30(40)42-2)17-19-8-10-21(11-9-19)20-6-4-3-5-7-20/h8-14,20,36,38H,1,3-7,15-17H2,2H3/b28-27-,29-24-. The number of esters is 1. The van der Waals surface area contributed by atoms with Gasteiger partial charge in [-0.05, 0) is 42.0 Å². The largest absolute Gasteiger partial charge is 0.593 e. The number of methoxy groups -OCH3 is 1. The van der Waals surface area contributed by atoms with Crippen molar-refractivity contribution < 1.29 is 45.9 Å². The molecule has 0 aromatic heterocycles. The molecule has 2 aromatic carbocycles. The van der Waals surface area contributed by atoms with Crippen LogP contribution in [-0.2, 0) is 27.4 Å². The van der Waals surface area contributed by atoms with Crippen LogP contribution in [-0.4, -0.2) is 41.9 Å². The van der Waals surface area contributed by atoms with Crippen LogP contribution in [0, 0.1) is 0 Å². The molecule has 0 spiro atoms. The van der Waals surface area contributed by atoms with Crippen molar-refractivity contribution in [3.8, 4) is 5.75 Å². The number of hydrogen-bond donors (Lipinski definition) is 2. The van der Waals surface area contributed by atoms with Gasteiger partial charge in [0.2, 0.25) is 16.6 Å². The van der Waals surface area contributed by atoms with E-state index in [9.17, 15) is 41.2 Å². The number of alkyl halides is 1. The zero-order valence-electron chi connectivity index (χ0n) is 23.3. The Balaban J connectivity index is 1.89. The van der Waals surface area contributed by atoms with Gasteiger partial charge in [-0.3, -0.25) is 4.79 Å². The highest BCUT2D eigenvalue weighted by molar-refractivity contribution is 7.93. The molecule has 3 rings (SSSR count). The fourth-order valence-electron chi connectivity index (χ4n) is 4.68. The third-order valence-electron chi connectivity index (χ3n) is 6.93. The molecule has 2 aromatic rings. The van der Waals surface area contributed by atoms with E-state index in [-0.39, 0.29) is 17.8 Å². The number of aromatic hydroxyl groups is 1. The molecular weight excluding hydrogens is 595 g/mol. The summed E-state index contributed by atoms with van der Waals surface area (Å²) < 4.78 is 87.3. The molecule has 1 amide bonds. The van der Waals surface area contributed by atoms with E-state index in [0.29, 0.717) is 11.5 Å². The van der Waals surface area contributed by atoms with Gasteiger partial charge in [0.05, 0.1) is 25.0 Å². The monoisotopic (exact) mass is 626 g/mol. The molecule has 2 N–H and O–H groups in total. The van der Waals surface area contributed by atoms with Gasteiger partial charge in [0.15, 0.2) is 17.5 Å². The number of nitrogens with one attached hydrogen (secondary N) is 1. The Morgan fingerprint density at radius 3 is 2.28 bits per heavy atom. The van der Waals surface area contributed by atoms with Crippen LogP contribution in [0.1, 0.15) is 59.5 Å². The number of halogens is 5. The number of phenols is 1. The lowest BCUT2D eigenvalue weighted by molar-refractivity contribution is -0.117. The average molecular weight is 627 g/mol. The van der Waals surface area contributed by atoms with Crippen molar-refractivity contribution in [2.75, 3.05) is 25.2 Å². The Bertz CT molecular complexity index is 1390. The zero-order valence-corrected chi connectivity index (χ0v) is 24.1. The summed E-state index contributed by atoms with van der Waals surface area (Å²) in [5.74, 6) is -10.2. The van der Waals surface area contributed by atoms with Crippen molar-refractivity contribution >= 4 is 28.9 Å². The number of nitrogens with zero attached hydrogens (tertiary/aromatic N) is 1. The van der Waals surface area contributed by atoms with Gasteiger partial charge in [0.25, 0.3) is 0 Å². The number of benzene rings is 2. The quantitative estimate of drug-likeness (QED) is 0.116. The first-order chi connectivity index (χ1) is 20.5. The lowest BCUT2D eigenvalue weighted by Gasteiger charge is -2.25. The molecule has 1 aliphatic rings. The van der Waals surface area contributed by atoms with Gasteiger partial charge in [-0.2, -0.15) is 4.39 Å². The maximum absolute atomic E-state index is 14.3. The van der Waals surface area contributed by atoms with E-state index in [1.54, 1.807) is 0 Å². The van der Waals surface area contributed by atoms with Gasteiger partial charge in [-0.1, -0.05) is 50.1 Å². The summed E-state index contributed by atoms with van der Waals surface area (Å²) in [4.78, 5) is 24.7. The Labute approximate surface area is 249 Å². The SMILES string of the molecule is C=C(F)/C(F)=C(F)\C(=C(\F)CF)[S+]([O-])NCC(=O)N(Cc1ccc(C2CCCCC2)cc1)c1ccc(C(=O)OC)c(O)c1. The first-order valence-corrected chi connectivity index (χ1v) is 14.4. The van der Waals surface area contributed by atoms with E-state index in [1.165, 1.54) is 18.6 Å². The molecule has 43 heavy (non-hydrogen) atoms. The van der Waals surface area contributed by atoms with Gasteiger partial charge in [0, 0.05) is 11.8 Å². The number of anilines is 1. The average Bonchev–Trinajstić information content (AvgIpc) is 3.02. The summed E-state index contributed by atoms with van der Waals surface area (Å²) in [5.41, 5.74) is 1.73. The third-order valence-corrected chi connectivity index (χ3v) is 8.11. The Morgan fingerprint density at radius 1 is 1.07 bits per heavy atom. The van der Waals surface area contributed by atoms with E-state index in [2.05, 4.69) is 11.3 Å². The van der Waals surface area contributed by atoms with Crippen LogP contribution in [0.2, 0.25) is 0 Å². The molecule has 0 bridgehead atoms. The van der Waals surface area contributed by atoms with Crippen molar-refractivity contribution in [2.45, 2.75) is 44.6 Å². The van der Waals surface area contributed by atoms with Crippen LogP contribution in [0.15, 0.2) is 77.3 Å². The van der Waals surface area contributed by atoms with E-state index in [1.807, 2.05) is 29.0 Å². The zero-order chi connectivity index (χ0) is 31.7. The lowest BCUT2D eigenvalue weighted by Crippen LogP contribution is -2.40. The molecule has 1 unspecified atom stereocenters. The predicted octanol–water partition coefficient (Wildman–Crippen LogP) is 6.80. The minimum absolute atomic E-state index is 0.0821. The van der Waals surface area contributed by atoms with Crippen LogP contribution in [0.5, 0.6) is 5.75 Å².